The van der Waals surface area contributed by atoms with Crippen molar-refractivity contribution < 1.29 is 9.53 Å². The van der Waals surface area contributed by atoms with E-state index in [9.17, 15) is 4.79 Å². The smallest absolute Gasteiger partial charge is 0.274 e. The van der Waals surface area contributed by atoms with Crippen LogP contribution in [0, 0.1) is 0 Å². The summed E-state index contributed by atoms with van der Waals surface area (Å²) in [5, 5.41) is 12.4. The number of carbonyl (C=O) groups excluding carboxylic acids is 1. The Hall–Kier alpha value is -2.94. The number of amides is 1. The van der Waals surface area contributed by atoms with Gasteiger partial charge in [0.15, 0.2) is 10.9 Å². The molecule has 1 aliphatic rings. The molecule has 0 atom stereocenters. The van der Waals surface area contributed by atoms with Crippen molar-refractivity contribution >= 4 is 17.7 Å². The van der Waals surface area contributed by atoms with E-state index in [4.69, 9.17) is 4.74 Å². The van der Waals surface area contributed by atoms with Gasteiger partial charge in [-0.1, -0.05) is 42.7 Å². The SMILES string of the molecule is COc1ccc(-n2nnc(C(=O)NC3CCCCCC3)c2CSc2ncccn2)cc1. The third-order valence-electron chi connectivity index (χ3n) is 5.37. The molecule has 1 aliphatic carbocycles. The number of hydrogen-bond acceptors (Lipinski definition) is 7. The molecule has 0 aliphatic heterocycles. The van der Waals surface area contributed by atoms with Crippen LogP contribution in [-0.4, -0.2) is 44.0 Å². The lowest BCUT2D eigenvalue weighted by molar-refractivity contribution is 0.0927. The van der Waals surface area contributed by atoms with Gasteiger partial charge < -0.3 is 10.1 Å². The zero-order valence-corrected chi connectivity index (χ0v) is 18.3. The van der Waals surface area contributed by atoms with Crippen LogP contribution in [0.5, 0.6) is 5.75 Å². The number of nitrogens with one attached hydrogen (secondary N) is 1. The van der Waals surface area contributed by atoms with Gasteiger partial charge in [0.05, 0.1) is 18.5 Å². The molecule has 9 heteroatoms. The van der Waals surface area contributed by atoms with Crippen molar-refractivity contribution in [3.63, 3.8) is 0 Å². The van der Waals surface area contributed by atoms with E-state index in [2.05, 4.69) is 25.6 Å². The third-order valence-corrected chi connectivity index (χ3v) is 6.25. The van der Waals surface area contributed by atoms with Crippen LogP contribution in [0.4, 0.5) is 0 Å². The van der Waals surface area contributed by atoms with E-state index in [1.165, 1.54) is 24.6 Å². The number of thioether (sulfide) groups is 1. The summed E-state index contributed by atoms with van der Waals surface area (Å²) in [5.74, 6) is 1.05. The molecular formula is C22H26N6O2S. The lowest BCUT2D eigenvalue weighted by atomic mass is 10.1. The number of nitrogens with zero attached hydrogens (tertiary/aromatic N) is 5. The summed E-state index contributed by atoms with van der Waals surface area (Å²) >= 11 is 1.45. The highest BCUT2D eigenvalue weighted by Gasteiger charge is 2.24. The second-order valence-corrected chi connectivity index (χ2v) is 8.42. The maximum absolute atomic E-state index is 13.1. The van der Waals surface area contributed by atoms with Crippen LogP contribution in [0.2, 0.25) is 0 Å². The Balaban J connectivity index is 1.60. The molecule has 2 heterocycles. The quantitative estimate of drug-likeness (QED) is 0.340. The molecule has 4 rings (SSSR count). The Labute approximate surface area is 185 Å². The standard InChI is InChI=1S/C22H26N6O2S/c1-30-18-11-9-17(10-12-18)28-19(15-31-22-23-13-6-14-24-22)20(26-27-28)21(29)25-16-7-4-2-3-5-8-16/h6,9-14,16H,2-5,7-8,15H2,1H3,(H,25,29). The second kappa shape index (κ2) is 10.4. The van der Waals surface area contributed by atoms with Gasteiger partial charge in [0, 0.05) is 24.2 Å². The zero-order chi connectivity index (χ0) is 21.5. The summed E-state index contributed by atoms with van der Waals surface area (Å²) < 4.78 is 6.95. The molecule has 0 radical (unpaired) electrons. The molecule has 1 N–H and O–H groups in total. The van der Waals surface area contributed by atoms with Crippen molar-refractivity contribution in [2.45, 2.75) is 55.5 Å². The molecule has 1 amide bonds. The summed E-state index contributed by atoms with van der Waals surface area (Å²) in [4.78, 5) is 21.6. The fraction of sp³-hybridized carbons (Fsp3) is 0.409. The van der Waals surface area contributed by atoms with Crippen LogP contribution in [0.25, 0.3) is 5.69 Å². The Morgan fingerprint density at radius 3 is 2.52 bits per heavy atom. The minimum absolute atomic E-state index is 0.170. The Morgan fingerprint density at radius 2 is 1.84 bits per heavy atom. The van der Waals surface area contributed by atoms with E-state index in [0.29, 0.717) is 22.3 Å². The van der Waals surface area contributed by atoms with Crippen molar-refractivity contribution in [2.24, 2.45) is 0 Å². The largest absolute Gasteiger partial charge is 0.497 e. The minimum Gasteiger partial charge on any atom is -0.497 e. The van der Waals surface area contributed by atoms with Gasteiger partial charge in [-0.15, -0.1) is 5.10 Å². The first-order valence-electron chi connectivity index (χ1n) is 10.5. The topological polar surface area (TPSA) is 94.8 Å². The maximum Gasteiger partial charge on any atom is 0.274 e. The van der Waals surface area contributed by atoms with Gasteiger partial charge in [-0.25, -0.2) is 14.6 Å². The molecular weight excluding hydrogens is 412 g/mol. The van der Waals surface area contributed by atoms with Crippen molar-refractivity contribution in [1.82, 2.24) is 30.3 Å². The van der Waals surface area contributed by atoms with Crippen molar-refractivity contribution in [3.05, 3.63) is 54.1 Å². The normalized spacial score (nSPS) is 14.7. The highest BCUT2D eigenvalue weighted by molar-refractivity contribution is 7.98. The lowest BCUT2D eigenvalue weighted by Gasteiger charge is -2.16. The minimum atomic E-state index is -0.170. The molecule has 8 nitrogen and oxygen atoms in total. The van der Waals surface area contributed by atoms with Crippen molar-refractivity contribution in [2.75, 3.05) is 7.11 Å². The Kier molecular flexibility index (Phi) is 7.14. The molecule has 1 fully saturated rings. The molecule has 0 unspecified atom stereocenters. The Morgan fingerprint density at radius 1 is 1.13 bits per heavy atom. The van der Waals surface area contributed by atoms with Crippen LogP contribution in [0.15, 0.2) is 47.9 Å². The van der Waals surface area contributed by atoms with Crippen molar-refractivity contribution in [3.8, 4) is 11.4 Å². The van der Waals surface area contributed by atoms with Crippen LogP contribution >= 0.6 is 11.8 Å². The summed E-state index contributed by atoms with van der Waals surface area (Å²) in [5.41, 5.74) is 1.88. The monoisotopic (exact) mass is 438 g/mol. The number of benzene rings is 1. The maximum atomic E-state index is 13.1. The second-order valence-electron chi connectivity index (χ2n) is 7.48. The molecule has 2 aromatic heterocycles. The fourth-order valence-corrected chi connectivity index (χ4v) is 4.50. The van der Waals surface area contributed by atoms with Crippen LogP contribution in [0.3, 0.4) is 0 Å². The van der Waals surface area contributed by atoms with Gasteiger partial charge in [-0.05, 0) is 43.2 Å². The van der Waals surface area contributed by atoms with Crippen molar-refractivity contribution in [1.29, 1.82) is 0 Å². The molecule has 0 spiro atoms. The van der Waals surface area contributed by atoms with E-state index < -0.39 is 0 Å². The molecule has 1 saturated carbocycles. The van der Waals surface area contributed by atoms with Crippen LogP contribution < -0.4 is 10.1 Å². The van der Waals surface area contributed by atoms with E-state index >= 15 is 0 Å². The van der Waals surface area contributed by atoms with Crippen LogP contribution in [0.1, 0.15) is 54.7 Å². The average molecular weight is 439 g/mol. The molecule has 0 bridgehead atoms. The lowest BCUT2D eigenvalue weighted by Crippen LogP contribution is -2.35. The summed E-state index contributed by atoms with van der Waals surface area (Å²) in [6.07, 6.45) is 10.2. The molecule has 0 saturated heterocycles. The molecule has 162 valence electrons. The first-order chi connectivity index (χ1) is 15.2. The molecule has 1 aromatic carbocycles. The van der Waals surface area contributed by atoms with Gasteiger partial charge in [0.2, 0.25) is 0 Å². The highest BCUT2D eigenvalue weighted by atomic mass is 32.2. The first-order valence-corrected chi connectivity index (χ1v) is 11.5. The van der Waals surface area contributed by atoms with Gasteiger partial charge in [0.25, 0.3) is 5.91 Å². The first kappa shape index (κ1) is 21.3. The highest BCUT2D eigenvalue weighted by Crippen LogP contribution is 2.24. The molecule has 3 aromatic rings. The number of ether oxygens (including phenoxy) is 1. The van der Waals surface area contributed by atoms with Crippen LogP contribution in [-0.2, 0) is 5.75 Å². The average Bonchev–Trinajstić information content (AvgIpc) is 3.07. The predicted octanol–water partition coefficient (Wildman–Crippen LogP) is 3.81. The van der Waals surface area contributed by atoms with Gasteiger partial charge in [0.1, 0.15) is 5.75 Å². The van der Waals surface area contributed by atoms with E-state index in [-0.39, 0.29) is 11.9 Å². The number of methoxy groups -OCH3 is 1. The fourth-order valence-electron chi connectivity index (χ4n) is 3.71. The number of hydrogen-bond donors (Lipinski definition) is 1. The number of carbonyl (C=O) groups is 1. The number of aromatic nitrogens is 5. The Bertz CT molecular complexity index is 985. The van der Waals surface area contributed by atoms with Gasteiger partial charge >= 0.3 is 0 Å². The molecule has 31 heavy (non-hydrogen) atoms. The van der Waals surface area contributed by atoms with Gasteiger partial charge in [-0.2, -0.15) is 0 Å². The summed E-state index contributed by atoms with van der Waals surface area (Å²) in [7, 11) is 1.63. The third kappa shape index (κ3) is 5.41. The summed E-state index contributed by atoms with van der Waals surface area (Å²) in [6, 6.07) is 9.48. The van der Waals surface area contributed by atoms with E-state index in [1.807, 2.05) is 24.3 Å². The zero-order valence-electron chi connectivity index (χ0n) is 17.5. The predicted molar refractivity (Wildman–Crippen MR) is 118 cm³/mol. The van der Waals surface area contributed by atoms with E-state index in [0.717, 1.165) is 37.1 Å². The summed E-state index contributed by atoms with van der Waals surface area (Å²) in [6.45, 7) is 0. The van der Waals surface area contributed by atoms with E-state index in [1.54, 1.807) is 30.3 Å². The van der Waals surface area contributed by atoms with Gasteiger partial charge in [-0.3, -0.25) is 4.79 Å². The number of rotatable bonds is 7.